The van der Waals surface area contributed by atoms with Gasteiger partial charge in [0.25, 0.3) is 0 Å². The van der Waals surface area contributed by atoms with Gasteiger partial charge in [0.1, 0.15) is 0 Å². The molecule has 1 unspecified atom stereocenters. The van der Waals surface area contributed by atoms with E-state index >= 15 is 0 Å². The molecule has 0 fully saturated rings. The largest absolute Gasteiger partial charge is 0.123 e. The van der Waals surface area contributed by atoms with E-state index < -0.39 is 0 Å². The van der Waals surface area contributed by atoms with Crippen molar-refractivity contribution in [3.05, 3.63) is 0 Å². The van der Waals surface area contributed by atoms with Crippen LogP contribution in [-0.4, -0.2) is 16.0 Å². The molecule has 0 saturated carbocycles. The molecule has 9 heavy (non-hydrogen) atoms. The van der Waals surface area contributed by atoms with Gasteiger partial charge in [-0.2, -0.15) is 0 Å². The van der Waals surface area contributed by atoms with Crippen LogP contribution in [0.1, 0.15) is 19.3 Å². The van der Waals surface area contributed by atoms with Gasteiger partial charge in [-0.25, -0.2) is 0 Å². The molecule has 0 aromatic rings. The Morgan fingerprint density at radius 1 is 1.11 bits per heavy atom. The lowest BCUT2D eigenvalue weighted by atomic mass is 10.2. The van der Waals surface area contributed by atoms with Crippen LogP contribution in [0, 0.1) is 0 Å². The lowest BCUT2D eigenvalue weighted by Gasteiger charge is -2.03. The van der Waals surface area contributed by atoms with Crippen molar-refractivity contribution in [2.45, 2.75) is 24.6 Å². The van der Waals surface area contributed by atoms with Crippen LogP contribution in [0.3, 0.4) is 0 Å². The smallest absolute Gasteiger partial charge is 0.0344 e. The Hall–Kier alpha value is 1.25. The van der Waals surface area contributed by atoms with E-state index in [0.29, 0.717) is 5.38 Å². The van der Waals surface area contributed by atoms with Crippen LogP contribution in [0.25, 0.3) is 0 Å². The standard InChI is InChI=1S/C6H11Br2Cl/c7-4-1-2-6(9)3-5-8/h6H,1-5H2. The zero-order valence-electron chi connectivity index (χ0n) is 5.25. The van der Waals surface area contributed by atoms with Gasteiger partial charge < -0.3 is 0 Å². The van der Waals surface area contributed by atoms with E-state index in [2.05, 4.69) is 31.9 Å². The van der Waals surface area contributed by atoms with E-state index in [1.54, 1.807) is 0 Å². The maximum Gasteiger partial charge on any atom is 0.0344 e. The average Bonchev–Trinajstić information content (AvgIpc) is 1.85. The molecule has 0 radical (unpaired) electrons. The van der Waals surface area contributed by atoms with E-state index in [0.717, 1.165) is 23.5 Å². The number of alkyl halides is 3. The van der Waals surface area contributed by atoms with Gasteiger partial charge in [0.05, 0.1) is 0 Å². The molecule has 0 aromatic carbocycles. The van der Waals surface area contributed by atoms with Crippen LogP contribution < -0.4 is 0 Å². The number of halogens is 3. The quantitative estimate of drug-likeness (QED) is 0.675. The molecule has 0 aromatic heterocycles. The Morgan fingerprint density at radius 3 is 2.22 bits per heavy atom. The Morgan fingerprint density at radius 2 is 1.78 bits per heavy atom. The molecule has 3 heteroatoms. The van der Waals surface area contributed by atoms with E-state index in [-0.39, 0.29) is 0 Å². The molecule has 0 aliphatic carbocycles. The summed E-state index contributed by atoms with van der Waals surface area (Å²) in [6.45, 7) is 0. The second-order valence-electron chi connectivity index (χ2n) is 1.91. The van der Waals surface area contributed by atoms with Crippen molar-refractivity contribution in [3.63, 3.8) is 0 Å². The number of rotatable bonds is 5. The zero-order valence-corrected chi connectivity index (χ0v) is 9.17. The Balaban J connectivity index is 2.95. The second-order valence-corrected chi connectivity index (χ2v) is 4.11. The SMILES string of the molecule is ClC(CCBr)CCCBr. The summed E-state index contributed by atoms with van der Waals surface area (Å²) in [6, 6.07) is 0. The summed E-state index contributed by atoms with van der Waals surface area (Å²) in [5.74, 6) is 0. The van der Waals surface area contributed by atoms with E-state index in [1.165, 1.54) is 6.42 Å². The van der Waals surface area contributed by atoms with Crippen molar-refractivity contribution in [1.29, 1.82) is 0 Å². The summed E-state index contributed by atoms with van der Waals surface area (Å²) in [4.78, 5) is 0. The highest BCUT2D eigenvalue weighted by Gasteiger charge is 2.00. The predicted octanol–water partition coefficient (Wildman–Crippen LogP) is 3.55. The zero-order chi connectivity index (χ0) is 7.11. The molecule has 56 valence electrons. The summed E-state index contributed by atoms with van der Waals surface area (Å²) >= 11 is 12.6. The highest BCUT2D eigenvalue weighted by atomic mass is 79.9. The predicted molar refractivity (Wildman–Crippen MR) is 51.1 cm³/mol. The van der Waals surface area contributed by atoms with Crippen molar-refractivity contribution < 1.29 is 0 Å². The van der Waals surface area contributed by atoms with Crippen molar-refractivity contribution in [1.82, 2.24) is 0 Å². The molecule has 0 bridgehead atoms. The summed E-state index contributed by atoms with van der Waals surface area (Å²) in [5, 5.41) is 2.45. The Labute approximate surface area is 78.6 Å². The third-order valence-electron chi connectivity index (χ3n) is 1.07. The number of hydrogen-bond donors (Lipinski definition) is 0. The molecular weight excluding hydrogens is 267 g/mol. The molecule has 1 atom stereocenters. The van der Waals surface area contributed by atoms with Gasteiger partial charge in [-0.3, -0.25) is 0 Å². The van der Waals surface area contributed by atoms with Gasteiger partial charge in [-0.15, -0.1) is 11.6 Å². The molecule has 0 rings (SSSR count). The van der Waals surface area contributed by atoms with Gasteiger partial charge in [-0.05, 0) is 19.3 Å². The fourth-order valence-corrected chi connectivity index (χ4v) is 1.96. The van der Waals surface area contributed by atoms with E-state index in [4.69, 9.17) is 11.6 Å². The minimum absolute atomic E-state index is 0.363. The van der Waals surface area contributed by atoms with Gasteiger partial charge in [0.2, 0.25) is 0 Å². The summed E-state index contributed by atoms with van der Waals surface area (Å²) in [6.07, 6.45) is 3.38. The van der Waals surface area contributed by atoms with E-state index in [1.807, 2.05) is 0 Å². The minimum Gasteiger partial charge on any atom is -0.123 e. The van der Waals surface area contributed by atoms with Crippen LogP contribution in [0.2, 0.25) is 0 Å². The first-order valence-electron chi connectivity index (χ1n) is 3.07. The first kappa shape index (κ1) is 10.2. The maximum absolute atomic E-state index is 5.91. The van der Waals surface area contributed by atoms with Crippen LogP contribution in [0.5, 0.6) is 0 Å². The topological polar surface area (TPSA) is 0 Å². The molecule has 0 saturated heterocycles. The third kappa shape index (κ3) is 7.14. The molecule has 0 N–H and O–H groups in total. The first-order chi connectivity index (χ1) is 4.31. The average molecular weight is 278 g/mol. The highest BCUT2D eigenvalue weighted by molar-refractivity contribution is 9.09. The highest BCUT2D eigenvalue weighted by Crippen LogP contribution is 2.11. The van der Waals surface area contributed by atoms with Crippen molar-refractivity contribution in [2.24, 2.45) is 0 Å². The van der Waals surface area contributed by atoms with E-state index in [9.17, 15) is 0 Å². The normalized spacial score (nSPS) is 13.7. The molecule has 0 amide bonds. The molecule has 0 spiro atoms. The Bertz CT molecular complexity index is 59.0. The molecular formula is C6H11Br2Cl. The van der Waals surface area contributed by atoms with Gasteiger partial charge in [-0.1, -0.05) is 31.9 Å². The third-order valence-corrected chi connectivity index (χ3v) is 2.53. The van der Waals surface area contributed by atoms with Crippen LogP contribution in [-0.2, 0) is 0 Å². The van der Waals surface area contributed by atoms with Crippen molar-refractivity contribution in [2.75, 3.05) is 10.7 Å². The van der Waals surface area contributed by atoms with Gasteiger partial charge in [0, 0.05) is 16.0 Å². The maximum atomic E-state index is 5.91. The monoisotopic (exact) mass is 276 g/mol. The van der Waals surface area contributed by atoms with Crippen molar-refractivity contribution in [3.8, 4) is 0 Å². The van der Waals surface area contributed by atoms with Crippen LogP contribution in [0.4, 0.5) is 0 Å². The Kier molecular flexibility index (Phi) is 8.38. The molecule has 0 aliphatic rings. The molecule has 0 aliphatic heterocycles. The van der Waals surface area contributed by atoms with Gasteiger partial charge >= 0.3 is 0 Å². The van der Waals surface area contributed by atoms with Crippen LogP contribution in [0.15, 0.2) is 0 Å². The summed E-state index contributed by atoms with van der Waals surface area (Å²) in [5.41, 5.74) is 0. The molecule has 0 nitrogen and oxygen atoms in total. The lowest BCUT2D eigenvalue weighted by Crippen LogP contribution is -1.98. The summed E-state index contributed by atoms with van der Waals surface area (Å²) in [7, 11) is 0. The first-order valence-corrected chi connectivity index (χ1v) is 5.75. The fraction of sp³-hybridized carbons (Fsp3) is 1.00. The summed E-state index contributed by atoms with van der Waals surface area (Å²) < 4.78 is 0. The second kappa shape index (κ2) is 7.36. The lowest BCUT2D eigenvalue weighted by molar-refractivity contribution is 0.724. The van der Waals surface area contributed by atoms with Crippen molar-refractivity contribution >= 4 is 43.5 Å². The minimum atomic E-state index is 0.363. The van der Waals surface area contributed by atoms with Gasteiger partial charge in [0.15, 0.2) is 0 Å². The van der Waals surface area contributed by atoms with Crippen LogP contribution >= 0.6 is 43.5 Å². The fourth-order valence-electron chi connectivity index (χ4n) is 0.561. The molecule has 0 heterocycles. The number of hydrogen-bond acceptors (Lipinski definition) is 0.